The zero-order chi connectivity index (χ0) is 18.1. The summed E-state index contributed by atoms with van der Waals surface area (Å²) in [6.07, 6.45) is 4.34. The van der Waals surface area contributed by atoms with Crippen molar-refractivity contribution in [2.45, 2.75) is 19.9 Å². The zero-order valence-corrected chi connectivity index (χ0v) is 14.4. The van der Waals surface area contributed by atoms with E-state index in [4.69, 9.17) is 0 Å². The van der Waals surface area contributed by atoms with Crippen molar-refractivity contribution in [2.75, 3.05) is 0 Å². The minimum absolute atomic E-state index is 0.188. The molecule has 4 nitrogen and oxygen atoms in total. The smallest absolute Gasteiger partial charge is 0.276 e. The highest BCUT2D eigenvalue weighted by Crippen LogP contribution is 2.19. The summed E-state index contributed by atoms with van der Waals surface area (Å²) >= 11 is 0. The van der Waals surface area contributed by atoms with Crippen molar-refractivity contribution in [1.82, 2.24) is 14.2 Å². The topological polar surface area (TPSA) is 39.3 Å². The molecule has 0 aliphatic heterocycles. The van der Waals surface area contributed by atoms with E-state index in [1.54, 1.807) is 41.2 Å². The Morgan fingerprint density at radius 2 is 1.81 bits per heavy atom. The summed E-state index contributed by atoms with van der Waals surface area (Å²) in [4.78, 5) is 12.8. The molecule has 0 saturated carbocycles. The van der Waals surface area contributed by atoms with Gasteiger partial charge in [0.1, 0.15) is 11.3 Å². The number of aromatic nitrogens is 3. The fourth-order valence-electron chi connectivity index (χ4n) is 3.01. The van der Waals surface area contributed by atoms with Gasteiger partial charge in [-0.15, -0.1) is 0 Å². The van der Waals surface area contributed by atoms with Gasteiger partial charge in [-0.2, -0.15) is 5.10 Å². The lowest BCUT2D eigenvalue weighted by Crippen LogP contribution is -2.22. The van der Waals surface area contributed by atoms with Gasteiger partial charge in [0.05, 0.1) is 12.2 Å². The molecule has 26 heavy (non-hydrogen) atoms. The molecule has 5 heteroatoms. The van der Waals surface area contributed by atoms with Gasteiger partial charge >= 0.3 is 0 Å². The Morgan fingerprint density at radius 3 is 2.54 bits per heavy atom. The molecule has 0 aliphatic rings. The molecule has 0 atom stereocenters. The van der Waals surface area contributed by atoms with Crippen LogP contribution in [0.25, 0.3) is 16.8 Å². The van der Waals surface area contributed by atoms with Crippen LogP contribution in [-0.4, -0.2) is 14.2 Å². The van der Waals surface area contributed by atoms with Crippen LogP contribution < -0.4 is 5.56 Å². The highest BCUT2D eigenvalue weighted by atomic mass is 19.1. The van der Waals surface area contributed by atoms with Crippen molar-refractivity contribution in [1.29, 1.82) is 0 Å². The number of hydrogen-bond donors (Lipinski definition) is 0. The maximum atomic E-state index is 13.9. The minimum atomic E-state index is -0.315. The van der Waals surface area contributed by atoms with E-state index in [9.17, 15) is 9.18 Å². The van der Waals surface area contributed by atoms with Crippen LogP contribution in [0.15, 0.2) is 71.8 Å². The van der Waals surface area contributed by atoms with Crippen molar-refractivity contribution in [3.63, 3.8) is 0 Å². The lowest BCUT2D eigenvalue weighted by molar-refractivity contribution is 0.595. The highest BCUT2D eigenvalue weighted by Gasteiger charge is 2.10. The Labute approximate surface area is 150 Å². The first-order chi connectivity index (χ1) is 12.7. The van der Waals surface area contributed by atoms with Crippen LogP contribution in [0.2, 0.25) is 0 Å². The summed E-state index contributed by atoms with van der Waals surface area (Å²) in [7, 11) is 0. The van der Waals surface area contributed by atoms with Crippen molar-refractivity contribution in [2.24, 2.45) is 0 Å². The molecule has 0 aliphatic carbocycles. The van der Waals surface area contributed by atoms with Crippen LogP contribution in [0.1, 0.15) is 18.1 Å². The highest BCUT2D eigenvalue weighted by molar-refractivity contribution is 5.65. The summed E-state index contributed by atoms with van der Waals surface area (Å²) in [6, 6.07) is 16.4. The predicted molar refractivity (Wildman–Crippen MR) is 99.8 cm³/mol. The van der Waals surface area contributed by atoms with Gasteiger partial charge in [0.2, 0.25) is 0 Å². The molecule has 0 spiro atoms. The Morgan fingerprint density at radius 1 is 1.04 bits per heavy atom. The molecular weight excluding hydrogens is 329 g/mol. The van der Waals surface area contributed by atoms with Gasteiger partial charge in [-0.25, -0.2) is 8.91 Å². The second kappa shape index (κ2) is 6.59. The van der Waals surface area contributed by atoms with E-state index in [1.165, 1.54) is 16.2 Å². The predicted octanol–water partition coefficient (Wildman–Crippen LogP) is 3.91. The van der Waals surface area contributed by atoms with Crippen LogP contribution in [0.3, 0.4) is 0 Å². The Bertz CT molecular complexity index is 1130. The molecule has 2 heterocycles. The fourth-order valence-corrected chi connectivity index (χ4v) is 3.01. The van der Waals surface area contributed by atoms with Gasteiger partial charge in [-0.05, 0) is 24.1 Å². The van der Waals surface area contributed by atoms with Crippen LogP contribution in [-0.2, 0) is 13.0 Å². The maximum Gasteiger partial charge on any atom is 0.276 e. The summed E-state index contributed by atoms with van der Waals surface area (Å²) in [5.74, 6) is -0.315. The number of aryl methyl sites for hydroxylation is 1. The Hall–Kier alpha value is -3.21. The average Bonchev–Trinajstić information content (AvgIpc) is 3.11. The number of rotatable bonds is 4. The van der Waals surface area contributed by atoms with Gasteiger partial charge in [0, 0.05) is 23.5 Å². The van der Waals surface area contributed by atoms with E-state index < -0.39 is 0 Å². The van der Waals surface area contributed by atoms with Crippen molar-refractivity contribution < 1.29 is 4.39 Å². The molecule has 0 amide bonds. The molecule has 2 aromatic carbocycles. The molecule has 0 fully saturated rings. The van der Waals surface area contributed by atoms with Crippen LogP contribution in [0, 0.1) is 5.82 Å². The number of fused-ring (bicyclic) bond motifs is 1. The van der Waals surface area contributed by atoms with Crippen molar-refractivity contribution >= 4 is 5.52 Å². The molecule has 0 N–H and O–H groups in total. The average molecular weight is 347 g/mol. The normalized spacial score (nSPS) is 11.2. The first-order valence-electron chi connectivity index (χ1n) is 8.57. The third kappa shape index (κ3) is 2.92. The first-order valence-corrected chi connectivity index (χ1v) is 8.57. The molecule has 0 saturated heterocycles. The van der Waals surface area contributed by atoms with Gasteiger partial charge in [-0.3, -0.25) is 4.79 Å². The van der Waals surface area contributed by atoms with Crippen LogP contribution in [0.4, 0.5) is 4.39 Å². The van der Waals surface area contributed by atoms with Crippen LogP contribution in [0.5, 0.6) is 0 Å². The summed E-state index contributed by atoms with van der Waals surface area (Å²) < 4.78 is 16.9. The molecule has 2 aromatic heterocycles. The number of hydrogen-bond acceptors (Lipinski definition) is 2. The Kier molecular flexibility index (Phi) is 4.13. The quantitative estimate of drug-likeness (QED) is 0.561. The zero-order valence-electron chi connectivity index (χ0n) is 14.4. The van der Waals surface area contributed by atoms with E-state index >= 15 is 0 Å². The number of benzene rings is 2. The monoisotopic (exact) mass is 347 g/mol. The standard InChI is InChI=1S/C21H18FN3O/c1-2-15-7-9-16(10-8-15)19-13-20-21(26)24(11-12-25(20)23-19)14-17-5-3-4-6-18(17)22/h3-13H,2,14H2,1H3. The van der Waals surface area contributed by atoms with E-state index in [1.807, 2.05) is 12.1 Å². The SMILES string of the molecule is CCc1ccc(-c2cc3c(=O)n(Cc4ccccc4F)ccn3n2)cc1. The van der Waals surface area contributed by atoms with E-state index in [0.29, 0.717) is 11.1 Å². The summed E-state index contributed by atoms with van der Waals surface area (Å²) in [6.45, 7) is 2.30. The summed E-state index contributed by atoms with van der Waals surface area (Å²) in [5.41, 5.74) is 3.72. The van der Waals surface area contributed by atoms with Crippen molar-refractivity contribution in [3.8, 4) is 11.3 Å². The lowest BCUT2D eigenvalue weighted by Gasteiger charge is -2.06. The van der Waals surface area contributed by atoms with Gasteiger partial charge < -0.3 is 4.57 Å². The van der Waals surface area contributed by atoms with Gasteiger partial charge in [-0.1, -0.05) is 49.4 Å². The molecule has 0 unspecified atom stereocenters. The molecule has 0 radical (unpaired) electrons. The molecule has 4 aromatic rings. The second-order valence-electron chi connectivity index (χ2n) is 6.23. The summed E-state index contributed by atoms with van der Waals surface area (Å²) in [5, 5.41) is 4.49. The first kappa shape index (κ1) is 16.3. The van der Waals surface area contributed by atoms with E-state index in [2.05, 4.69) is 24.2 Å². The van der Waals surface area contributed by atoms with E-state index in [0.717, 1.165) is 17.7 Å². The Balaban J connectivity index is 1.73. The van der Waals surface area contributed by atoms with Crippen molar-refractivity contribution in [3.05, 3.63) is 94.3 Å². The molecular formula is C21H18FN3O. The van der Waals surface area contributed by atoms with Gasteiger partial charge in [0.15, 0.2) is 0 Å². The number of nitrogens with zero attached hydrogens (tertiary/aromatic N) is 3. The molecule has 0 bridgehead atoms. The fraction of sp³-hybridized carbons (Fsp3) is 0.143. The van der Waals surface area contributed by atoms with E-state index in [-0.39, 0.29) is 17.9 Å². The van der Waals surface area contributed by atoms with Crippen LogP contribution >= 0.6 is 0 Å². The molecule has 130 valence electrons. The number of halogens is 1. The third-order valence-corrected chi connectivity index (χ3v) is 4.56. The maximum absolute atomic E-state index is 13.9. The lowest BCUT2D eigenvalue weighted by atomic mass is 10.1. The van der Waals surface area contributed by atoms with Gasteiger partial charge in [0.25, 0.3) is 5.56 Å². The second-order valence-corrected chi connectivity index (χ2v) is 6.23. The largest absolute Gasteiger partial charge is 0.308 e. The third-order valence-electron chi connectivity index (χ3n) is 4.56. The molecule has 4 rings (SSSR count). The minimum Gasteiger partial charge on any atom is -0.308 e.